The molecule has 0 radical (unpaired) electrons. The van der Waals surface area contributed by atoms with Gasteiger partial charge in [-0.25, -0.2) is 0 Å². The summed E-state index contributed by atoms with van der Waals surface area (Å²) in [7, 11) is 0. The van der Waals surface area contributed by atoms with Crippen LogP contribution < -0.4 is 0 Å². The van der Waals surface area contributed by atoms with Crippen molar-refractivity contribution in [3.8, 4) is 0 Å². The number of rotatable bonds is 2. The third-order valence-electron chi connectivity index (χ3n) is 1.87. The molecule has 6 heteroatoms. The van der Waals surface area contributed by atoms with Crippen LogP contribution in [0.4, 0.5) is 0 Å². The van der Waals surface area contributed by atoms with Gasteiger partial charge in [0.05, 0.1) is 9.21 Å². The standard InChI is InChI=1S/C9H5BrCl2OS2/c10-5-1-2-14-8(5)7(13)4-3-6(11)15-9(4)12/h1-3,7,13H. The second-order valence-corrected chi connectivity index (χ2v) is 6.90. The van der Waals surface area contributed by atoms with Gasteiger partial charge in [0.15, 0.2) is 0 Å². The lowest BCUT2D eigenvalue weighted by atomic mass is 10.2. The Morgan fingerprint density at radius 2 is 2.13 bits per heavy atom. The molecule has 0 aromatic carbocycles. The maximum atomic E-state index is 10.1. The Hall–Kier alpha value is 0.420. The average Bonchev–Trinajstić information content (AvgIpc) is 2.71. The topological polar surface area (TPSA) is 20.2 Å². The Kier molecular flexibility index (Phi) is 3.75. The van der Waals surface area contributed by atoms with Crippen molar-refractivity contribution in [2.24, 2.45) is 0 Å². The molecule has 0 saturated carbocycles. The van der Waals surface area contributed by atoms with Gasteiger partial charge < -0.3 is 5.11 Å². The largest absolute Gasteiger partial charge is 0.383 e. The quantitative estimate of drug-likeness (QED) is 0.816. The van der Waals surface area contributed by atoms with Crippen LogP contribution in [0.3, 0.4) is 0 Å². The van der Waals surface area contributed by atoms with E-state index in [2.05, 4.69) is 15.9 Å². The third kappa shape index (κ3) is 2.40. The van der Waals surface area contributed by atoms with Crippen LogP contribution in [0, 0.1) is 0 Å². The zero-order valence-electron chi connectivity index (χ0n) is 7.21. The van der Waals surface area contributed by atoms with Gasteiger partial charge in [-0.2, -0.15) is 0 Å². The van der Waals surface area contributed by atoms with Crippen molar-refractivity contribution in [3.63, 3.8) is 0 Å². The maximum absolute atomic E-state index is 10.1. The van der Waals surface area contributed by atoms with Crippen LogP contribution in [-0.2, 0) is 0 Å². The smallest absolute Gasteiger partial charge is 0.117 e. The predicted molar refractivity (Wildman–Crippen MR) is 70.4 cm³/mol. The van der Waals surface area contributed by atoms with Gasteiger partial charge in [-0.15, -0.1) is 22.7 Å². The summed E-state index contributed by atoms with van der Waals surface area (Å²) >= 11 is 17.9. The summed E-state index contributed by atoms with van der Waals surface area (Å²) in [4.78, 5) is 0.839. The summed E-state index contributed by atoms with van der Waals surface area (Å²) in [5.74, 6) is 0. The highest BCUT2D eigenvalue weighted by Gasteiger charge is 2.19. The lowest BCUT2D eigenvalue weighted by Crippen LogP contribution is -1.96. The molecule has 2 heterocycles. The van der Waals surface area contributed by atoms with E-state index in [4.69, 9.17) is 23.2 Å². The predicted octanol–water partition coefficient (Wildman–Crippen LogP) is 4.96. The van der Waals surface area contributed by atoms with Crippen LogP contribution >= 0.6 is 61.8 Å². The summed E-state index contributed by atoms with van der Waals surface area (Å²) in [5, 5.41) is 12.0. The van der Waals surface area contributed by atoms with Gasteiger partial charge in [-0.05, 0) is 33.4 Å². The molecule has 1 nitrogen and oxygen atoms in total. The first-order valence-electron chi connectivity index (χ1n) is 3.95. The lowest BCUT2D eigenvalue weighted by molar-refractivity contribution is 0.224. The van der Waals surface area contributed by atoms with Crippen molar-refractivity contribution < 1.29 is 5.11 Å². The lowest BCUT2D eigenvalue weighted by Gasteiger charge is -2.07. The fraction of sp³-hybridized carbons (Fsp3) is 0.111. The normalized spacial score (nSPS) is 13.1. The van der Waals surface area contributed by atoms with E-state index in [-0.39, 0.29) is 0 Å². The molecule has 0 fully saturated rings. The molecule has 1 atom stereocenters. The van der Waals surface area contributed by atoms with Crippen LogP contribution in [-0.4, -0.2) is 5.11 Å². The SMILES string of the molecule is OC(c1cc(Cl)sc1Cl)c1sccc1Br. The summed E-state index contributed by atoms with van der Waals surface area (Å²) in [6, 6.07) is 3.59. The Bertz CT molecular complexity index is 480. The molecule has 15 heavy (non-hydrogen) atoms. The third-order valence-corrected chi connectivity index (χ3v) is 5.31. The Morgan fingerprint density at radius 1 is 1.40 bits per heavy atom. The fourth-order valence-electron chi connectivity index (χ4n) is 1.18. The fourth-order valence-corrected chi connectivity index (χ4v) is 4.29. The zero-order valence-corrected chi connectivity index (χ0v) is 11.9. The summed E-state index contributed by atoms with van der Waals surface area (Å²) in [6.45, 7) is 0. The van der Waals surface area contributed by atoms with Crippen molar-refractivity contribution >= 4 is 61.8 Å². The Morgan fingerprint density at radius 3 is 2.60 bits per heavy atom. The second kappa shape index (κ2) is 4.73. The molecule has 0 aliphatic carbocycles. The van der Waals surface area contributed by atoms with E-state index in [0.29, 0.717) is 14.2 Å². The van der Waals surface area contributed by atoms with Crippen molar-refractivity contribution in [2.75, 3.05) is 0 Å². The van der Waals surface area contributed by atoms with Gasteiger partial charge in [0, 0.05) is 10.0 Å². The maximum Gasteiger partial charge on any atom is 0.117 e. The van der Waals surface area contributed by atoms with Gasteiger partial charge in [-0.3, -0.25) is 0 Å². The van der Waals surface area contributed by atoms with Crippen LogP contribution in [0.1, 0.15) is 16.5 Å². The first-order chi connectivity index (χ1) is 7.09. The molecule has 2 aromatic heterocycles. The number of aliphatic hydroxyl groups is 1. The highest BCUT2D eigenvalue weighted by molar-refractivity contribution is 9.10. The number of hydrogen-bond acceptors (Lipinski definition) is 3. The highest BCUT2D eigenvalue weighted by atomic mass is 79.9. The van der Waals surface area contributed by atoms with E-state index >= 15 is 0 Å². The summed E-state index contributed by atoms with van der Waals surface area (Å²) in [6.07, 6.45) is -0.712. The van der Waals surface area contributed by atoms with Crippen molar-refractivity contribution in [2.45, 2.75) is 6.10 Å². The molecule has 0 saturated heterocycles. The molecule has 2 rings (SSSR count). The molecular weight excluding hydrogens is 339 g/mol. The van der Waals surface area contributed by atoms with E-state index in [9.17, 15) is 5.11 Å². The number of aliphatic hydroxyl groups excluding tert-OH is 1. The Balaban J connectivity index is 2.40. The minimum atomic E-state index is -0.712. The van der Waals surface area contributed by atoms with E-state index in [0.717, 1.165) is 9.35 Å². The Labute approximate surface area is 113 Å². The van der Waals surface area contributed by atoms with Gasteiger partial charge in [0.1, 0.15) is 10.4 Å². The number of hydrogen-bond donors (Lipinski definition) is 1. The molecule has 0 aliphatic rings. The van der Waals surface area contributed by atoms with Gasteiger partial charge in [0.2, 0.25) is 0 Å². The number of halogens is 3. The minimum absolute atomic E-state index is 0.535. The van der Waals surface area contributed by atoms with Crippen LogP contribution in [0.5, 0.6) is 0 Å². The van der Waals surface area contributed by atoms with Crippen molar-refractivity contribution in [1.82, 2.24) is 0 Å². The van der Waals surface area contributed by atoms with Crippen molar-refractivity contribution in [1.29, 1.82) is 0 Å². The molecule has 2 aromatic rings. The van der Waals surface area contributed by atoms with Crippen LogP contribution in [0.15, 0.2) is 22.0 Å². The first-order valence-corrected chi connectivity index (χ1v) is 7.20. The second-order valence-electron chi connectivity index (χ2n) is 2.81. The highest BCUT2D eigenvalue weighted by Crippen LogP contribution is 2.40. The molecule has 0 aliphatic heterocycles. The molecule has 0 amide bonds. The molecule has 0 spiro atoms. The van der Waals surface area contributed by atoms with Gasteiger partial charge in [0.25, 0.3) is 0 Å². The van der Waals surface area contributed by atoms with Gasteiger partial charge in [-0.1, -0.05) is 23.2 Å². The molecular formula is C9H5BrCl2OS2. The number of thiophene rings is 2. The van der Waals surface area contributed by atoms with Crippen molar-refractivity contribution in [3.05, 3.63) is 41.1 Å². The van der Waals surface area contributed by atoms with E-state index < -0.39 is 6.10 Å². The monoisotopic (exact) mass is 342 g/mol. The molecule has 1 N–H and O–H groups in total. The first kappa shape index (κ1) is 11.9. The summed E-state index contributed by atoms with van der Waals surface area (Å²) < 4.78 is 2.01. The van der Waals surface area contributed by atoms with E-state index in [1.807, 2.05) is 11.4 Å². The average molecular weight is 344 g/mol. The van der Waals surface area contributed by atoms with Crippen LogP contribution in [0.2, 0.25) is 8.67 Å². The molecule has 1 unspecified atom stereocenters. The molecule has 0 bridgehead atoms. The van der Waals surface area contributed by atoms with E-state index in [1.165, 1.54) is 22.7 Å². The van der Waals surface area contributed by atoms with Crippen LogP contribution in [0.25, 0.3) is 0 Å². The zero-order chi connectivity index (χ0) is 11.0. The van der Waals surface area contributed by atoms with Gasteiger partial charge >= 0.3 is 0 Å². The summed E-state index contributed by atoms with van der Waals surface area (Å²) in [5.41, 5.74) is 0.662. The van der Waals surface area contributed by atoms with E-state index in [1.54, 1.807) is 6.07 Å². The molecule has 80 valence electrons. The minimum Gasteiger partial charge on any atom is -0.383 e.